The first-order valence-electron chi connectivity index (χ1n) is 11.6. The monoisotopic (exact) mass is 456 g/mol. The van der Waals surface area contributed by atoms with Gasteiger partial charge in [-0.2, -0.15) is 0 Å². The minimum atomic E-state index is -0.825. The van der Waals surface area contributed by atoms with Crippen LogP contribution in [0.3, 0.4) is 0 Å². The van der Waals surface area contributed by atoms with E-state index in [1.807, 2.05) is 0 Å². The second-order valence-corrected chi connectivity index (χ2v) is 9.28. The predicted octanol–water partition coefficient (Wildman–Crippen LogP) is 5.01. The third-order valence-corrected chi connectivity index (χ3v) is 6.94. The second kappa shape index (κ2) is 8.82. The first-order chi connectivity index (χ1) is 15.9. The van der Waals surface area contributed by atoms with Gasteiger partial charge in [0.25, 0.3) is 0 Å². The van der Waals surface area contributed by atoms with Crippen LogP contribution in [0.2, 0.25) is 0 Å². The molecule has 8 heteroatoms. The van der Waals surface area contributed by atoms with Gasteiger partial charge in [0.2, 0.25) is 0 Å². The number of halogens is 3. The van der Waals surface area contributed by atoms with Crippen molar-refractivity contribution in [2.75, 3.05) is 18.0 Å². The van der Waals surface area contributed by atoms with E-state index >= 15 is 0 Å². The van der Waals surface area contributed by atoms with E-state index in [1.165, 1.54) is 35.6 Å². The largest absolute Gasteiger partial charge is 0.328 e. The zero-order valence-electron chi connectivity index (χ0n) is 18.4. The summed E-state index contributed by atoms with van der Waals surface area (Å²) < 4.78 is 41.5. The second-order valence-electron chi connectivity index (χ2n) is 9.28. The lowest BCUT2D eigenvalue weighted by molar-refractivity contribution is 0.250. The summed E-state index contributed by atoms with van der Waals surface area (Å²) in [5.41, 5.74) is 0.316. The minimum Gasteiger partial charge on any atom is -0.296 e. The van der Waals surface area contributed by atoms with Gasteiger partial charge in [-0.05, 0) is 49.1 Å². The number of aliphatic imine (C=N–C) groups is 1. The highest BCUT2D eigenvalue weighted by Gasteiger charge is 2.55. The van der Waals surface area contributed by atoms with Crippen LogP contribution in [0, 0.1) is 17.5 Å². The van der Waals surface area contributed by atoms with Crippen LogP contribution in [0.4, 0.5) is 23.7 Å². The lowest BCUT2D eigenvalue weighted by atomic mass is 9.93. The highest BCUT2D eigenvalue weighted by Crippen LogP contribution is 2.39. The van der Waals surface area contributed by atoms with Crippen molar-refractivity contribution in [1.82, 2.24) is 10.2 Å². The Morgan fingerprint density at radius 3 is 2.36 bits per heavy atom. The number of likely N-dealkylation sites (tertiary alicyclic amines) is 1. The number of hydrogen-bond donors (Lipinski definition) is 1. The molecule has 2 heterocycles. The molecule has 3 fully saturated rings. The molecule has 1 spiro atoms. The Labute approximate surface area is 191 Å². The van der Waals surface area contributed by atoms with E-state index < -0.39 is 23.2 Å². The van der Waals surface area contributed by atoms with Crippen LogP contribution in [0.25, 0.3) is 0 Å². The topological polar surface area (TPSA) is 47.9 Å². The van der Waals surface area contributed by atoms with Gasteiger partial charge in [-0.1, -0.05) is 31.4 Å². The molecule has 1 aliphatic carbocycles. The van der Waals surface area contributed by atoms with Gasteiger partial charge in [0.05, 0.1) is 11.7 Å². The van der Waals surface area contributed by atoms with Gasteiger partial charge in [-0.15, -0.1) is 0 Å². The summed E-state index contributed by atoms with van der Waals surface area (Å²) in [4.78, 5) is 21.8. The molecule has 1 atom stereocenters. The van der Waals surface area contributed by atoms with Gasteiger partial charge in [0.15, 0.2) is 0 Å². The summed E-state index contributed by atoms with van der Waals surface area (Å²) in [5, 5.41) is 2.93. The van der Waals surface area contributed by atoms with E-state index in [4.69, 9.17) is 4.99 Å². The fourth-order valence-electron chi connectivity index (χ4n) is 5.38. The summed E-state index contributed by atoms with van der Waals surface area (Å²) in [6.07, 6.45) is 5.94. The van der Waals surface area contributed by atoms with Gasteiger partial charge < -0.3 is 0 Å². The van der Waals surface area contributed by atoms with E-state index in [-0.39, 0.29) is 17.5 Å². The number of urea groups is 1. The number of amides is 2. The van der Waals surface area contributed by atoms with Gasteiger partial charge in [0.1, 0.15) is 28.8 Å². The van der Waals surface area contributed by atoms with Crippen LogP contribution in [-0.4, -0.2) is 41.4 Å². The average molecular weight is 457 g/mol. The normalized spacial score (nSPS) is 25.4. The summed E-state index contributed by atoms with van der Waals surface area (Å²) in [6, 6.07) is 9.26. The number of anilines is 1. The molecule has 0 radical (unpaired) electrons. The van der Waals surface area contributed by atoms with Crippen molar-refractivity contribution in [2.24, 2.45) is 4.99 Å². The molecular weight excluding hydrogens is 429 g/mol. The van der Waals surface area contributed by atoms with Crippen molar-refractivity contribution in [3.8, 4) is 0 Å². The van der Waals surface area contributed by atoms with Crippen LogP contribution < -0.4 is 10.2 Å². The number of rotatable bonds is 4. The van der Waals surface area contributed by atoms with E-state index in [9.17, 15) is 18.0 Å². The van der Waals surface area contributed by atoms with Crippen molar-refractivity contribution >= 4 is 17.6 Å². The molecule has 5 rings (SSSR count). The van der Waals surface area contributed by atoms with Gasteiger partial charge in [0, 0.05) is 25.7 Å². The molecule has 2 aromatic rings. The molecule has 1 unspecified atom stereocenters. The minimum absolute atomic E-state index is 0.140. The van der Waals surface area contributed by atoms with E-state index in [0.29, 0.717) is 31.9 Å². The molecule has 2 aliphatic heterocycles. The number of benzene rings is 2. The van der Waals surface area contributed by atoms with Gasteiger partial charge in [-0.3, -0.25) is 20.1 Å². The fourth-order valence-corrected chi connectivity index (χ4v) is 5.38. The van der Waals surface area contributed by atoms with Crippen LogP contribution in [0.15, 0.2) is 47.5 Å². The molecular formula is C25H27F3N4O. The molecule has 0 aromatic heterocycles. The molecule has 2 saturated heterocycles. The van der Waals surface area contributed by atoms with Crippen molar-refractivity contribution in [3.63, 3.8) is 0 Å². The Morgan fingerprint density at radius 1 is 0.970 bits per heavy atom. The summed E-state index contributed by atoms with van der Waals surface area (Å²) >= 11 is 0. The van der Waals surface area contributed by atoms with Gasteiger partial charge in [-0.25, -0.2) is 18.0 Å². The van der Waals surface area contributed by atoms with Crippen molar-refractivity contribution < 1.29 is 18.0 Å². The third kappa shape index (κ3) is 4.36. The third-order valence-electron chi connectivity index (χ3n) is 6.94. The maximum atomic E-state index is 14.1. The summed E-state index contributed by atoms with van der Waals surface area (Å²) in [7, 11) is 0. The average Bonchev–Trinajstić information content (AvgIpc) is 3.30. The quantitative estimate of drug-likeness (QED) is 0.703. The SMILES string of the molecule is O=C1NC(=NC2CCCCC2)C2(CCN(Cc3ccc(F)cc3)C2)N1c1cc(F)cc(F)c1. The van der Waals surface area contributed by atoms with Crippen molar-refractivity contribution in [2.45, 2.75) is 56.7 Å². The van der Waals surface area contributed by atoms with Crippen LogP contribution in [0.1, 0.15) is 44.1 Å². The van der Waals surface area contributed by atoms with E-state index in [2.05, 4.69) is 10.2 Å². The van der Waals surface area contributed by atoms with Crippen LogP contribution in [0.5, 0.6) is 0 Å². The molecule has 1 N–H and O–H groups in total. The van der Waals surface area contributed by atoms with Crippen LogP contribution >= 0.6 is 0 Å². The zero-order chi connectivity index (χ0) is 23.0. The van der Waals surface area contributed by atoms with Crippen molar-refractivity contribution in [1.29, 1.82) is 0 Å². The smallest absolute Gasteiger partial charge is 0.296 e. The fraction of sp³-hybridized carbons (Fsp3) is 0.440. The van der Waals surface area contributed by atoms with E-state index in [0.717, 1.165) is 37.3 Å². The molecule has 0 bridgehead atoms. The number of nitrogens with one attached hydrogen (secondary N) is 1. The lowest BCUT2D eigenvalue weighted by Crippen LogP contribution is -2.52. The number of carbonyl (C=O) groups excluding carboxylic acids is 1. The maximum Gasteiger partial charge on any atom is 0.328 e. The molecule has 2 aromatic carbocycles. The molecule has 174 valence electrons. The highest BCUT2D eigenvalue weighted by atomic mass is 19.1. The van der Waals surface area contributed by atoms with E-state index in [1.54, 1.807) is 12.1 Å². The maximum absolute atomic E-state index is 14.1. The summed E-state index contributed by atoms with van der Waals surface area (Å²) in [5.74, 6) is -1.16. The molecule has 3 aliphatic rings. The Morgan fingerprint density at radius 2 is 1.67 bits per heavy atom. The first kappa shape index (κ1) is 21.9. The molecule has 2 amide bonds. The number of amidine groups is 1. The van der Waals surface area contributed by atoms with Crippen molar-refractivity contribution in [3.05, 3.63) is 65.5 Å². The molecule has 33 heavy (non-hydrogen) atoms. The number of nitrogens with zero attached hydrogens (tertiary/aromatic N) is 3. The first-order valence-corrected chi connectivity index (χ1v) is 11.6. The Hall–Kier alpha value is -2.87. The van der Waals surface area contributed by atoms with Gasteiger partial charge >= 0.3 is 6.03 Å². The standard InChI is InChI=1S/C25H27F3N4O/c26-18-8-6-17(7-9-18)15-31-11-10-25(16-31)23(29-21-4-2-1-3-5-21)30-24(33)32(25)22-13-19(27)12-20(28)14-22/h6-9,12-14,21H,1-5,10-11,15-16H2,(H,29,30,33). The Bertz CT molecular complexity index is 1050. The molecule has 1 saturated carbocycles. The summed E-state index contributed by atoms with van der Waals surface area (Å²) in [6.45, 7) is 1.72. The zero-order valence-corrected chi connectivity index (χ0v) is 18.4. The highest BCUT2D eigenvalue weighted by molar-refractivity contribution is 6.19. The lowest BCUT2D eigenvalue weighted by Gasteiger charge is -2.34. The number of carbonyl (C=O) groups is 1. The Kier molecular flexibility index (Phi) is 5.86. The van der Waals surface area contributed by atoms with Crippen LogP contribution in [-0.2, 0) is 6.54 Å². The molecule has 5 nitrogen and oxygen atoms in total. The number of hydrogen-bond acceptors (Lipinski definition) is 3. The Balaban J connectivity index is 1.49. The predicted molar refractivity (Wildman–Crippen MR) is 121 cm³/mol.